The molecule has 0 saturated heterocycles. The van der Waals surface area contributed by atoms with Crippen LogP contribution in [0.15, 0.2) is 17.5 Å². The number of nitrogens with one attached hydrogen (secondary N) is 1. The highest BCUT2D eigenvalue weighted by molar-refractivity contribution is 7.09. The van der Waals surface area contributed by atoms with Crippen LogP contribution in [0, 0.1) is 0 Å². The lowest BCUT2D eigenvalue weighted by molar-refractivity contribution is 0.187. The smallest absolute Gasteiger partial charge is 0.317 e. The zero-order valence-electron chi connectivity index (χ0n) is 9.64. The van der Waals surface area contributed by atoms with E-state index in [0.717, 1.165) is 6.42 Å². The van der Waals surface area contributed by atoms with Gasteiger partial charge in [0.1, 0.15) is 0 Å². The largest absolute Gasteiger partial charge is 0.395 e. The molecule has 2 N–H and O–H groups in total. The number of likely N-dealkylation sites (N-methyl/N-ethyl adjacent to an activating group) is 1. The Morgan fingerprint density at radius 3 is 3.00 bits per heavy atom. The average molecular weight is 242 g/mol. The summed E-state index contributed by atoms with van der Waals surface area (Å²) in [6, 6.07) is 4.03. The molecule has 1 aromatic heterocycles. The SMILES string of the molecule is CC(Cc1cccs1)NC(=O)N(C)CCO. The molecule has 1 aromatic rings. The lowest BCUT2D eigenvalue weighted by Crippen LogP contribution is -2.43. The number of carbonyl (C=O) groups excluding carboxylic acids is 1. The van der Waals surface area contributed by atoms with E-state index in [1.165, 1.54) is 9.78 Å². The highest BCUT2D eigenvalue weighted by atomic mass is 32.1. The Balaban J connectivity index is 2.33. The molecule has 0 aliphatic rings. The summed E-state index contributed by atoms with van der Waals surface area (Å²) in [5.74, 6) is 0. The van der Waals surface area contributed by atoms with E-state index in [1.807, 2.05) is 18.4 Å². The first-order valence-electron chi connectivity index (χ1n) is 5.28. The van der Waals surface area contributed by atoms with Gasteiger partial charge < -0.3 is 15.3 Å². The average Bonchev–Trinajstić information content (AvgIpc) is 2.70. The lowest BCUT2D eigenvalue weighted by Gasteiger charge is -2.20. The maximum atomic E-state index is 11.6. The Bertz CT molecular complexity index is 314. The molecule has 0 aliphatic heterocycles. The van der Waals surface area contributed by atoms with Crippen molar-refractivity contribution in [3.8, 4) is 0 Å². The number of aliphatic hydroxyl groups excluding tert-OH is 1. The van der Waals surface area contributed by atoms with E-state index in [9.17, 15) is 4.79 Å². The number of urea groups is 1. The van der Waals surface area contributed by atoms with Gasteiger partial charge in [-0.2, -0.15) is 0 Å². The molecule has 4 nitrogen and oxygen atoms in total. The molecule has 90 valence electrons. The molecule has 5 heteroatoms. The van der Waals surface area contributed by atoms with E-state index in [-0.39, 0.29) is 18.7 Å². The molecule has 0 fully saturated rings. The first-order valence-corrected chi connectivity index (χ1v) is 6.16. The van der Waals surface area contributed by atoms with Gasteiger partial charge in [-0.25, -0.2) is 4.79 Å². The zero-order valence-corrected chi connectivity index (χ0v) is 10.5. The maximum absolute atomic E-state index is 11.6. The van der Waals surface area contributed by atoms with Gasteiger partial charge in [-0.05, 0) is 18.4 Å². The van der Waals surface area contributed by atoms with Gasteiger partial charge in [0, 0.05) is 30.9 Å². The summed E-state index contributed by atoms with van der Waals surface area (Å²) < 4.78 is 0. The minimum Gasteiger partial charge on any atom is -0.395 e. The highest BCUT2D eigenvalue weighted by Crippen LogP contribution is 2.10. The molecule has 0 saturated carbocycles. The Morgan fingerprint density at radius 2 is 2.44 bits per heavy atom. The summed E-state index contributed by atoms with van der Waals surface area (Å²) >= 11 is 1.69. The minimum atomic E-state index is -0.141. The van der Waals surface area contributed by atoms with Crippen molar-refractivity contribution in [1.82, 2.24) is 10.2 Å². The predicted molar refractivity (Wildman–Crippen MR) is 65.7 cm³/mol. The van der Waals surface area contributed by atoms with E-state index in [4.69, 9.17) is 5.11 Å². The van der Waals surface area contributed by atoms with Gasteiger partial charge >= 0.3 is 6.03 Å². The number of amides is 2. The number of hydrogen-bond acceptors (Lipinski definition) is 3. The van der Waals surface area contributed by atoms with E-state index in [1.54, 1.807) is 18.4 Å². The van der Waals surface area contributed by atoms with Crippen LogP contribution in [0.2, 0.25) is 0 Å². The lowest BCUT2D eigenvalue weighted by atomic mass is 10.2. The summed E-state index contributed by atoms with van der Waals surface area (Å²) in [4.78, 5) is 14.3. The van der Waals surface area contributed by atoms with Crippen molar-refractivity contribution in [3.05, 3.63) is 22.4 Å². The Hall–Kier alpha value is -1.07. The molecule has 16 heavy (non-hydrogen) atoms. The molecule has 0 bridgehead atoms. The topological polar surface area (TPSA) is 52.6 Å². The van der Waals surface area contributed by atoms with Crippen LogP contribution in [0.1, 0.15) is 11.8 Å². The van der Waals surface area contributed by atoms with Crippen molar-refractivity contribution in [2.75, 3.05) is 20.2 Å². The standard InChI is InChI=1S/C11H18N2O2S/c1-9(8-10-4-3-7-16-10)12-11(15)13(2)5-6-14/h3-4,7,9,14H,5-6,8H2,1-2H3,(H,12,15). The predicted octanol–water partition coefficient (Wildman–Crippen LogP) is 1.31. The Labute approximate surface area is 99.9 Å². The zero-order chi connectivity index (χ0) is 12.0. The van der Waals surface area contributed by atoms with Gasteiger partial charge in [0.25, 0.3) is 0 Å². The highest BCUT2D eigenvalue weighted by Gasteiger charge is 2.11. The molecular weight excluding hydrogens is 224 g/mol. The Morgan fingerprint density at radius 1 is 1.69 bits per heavy atom. The number of hydrogen-bond donors (Lipinski definition) is 2. The quantitative estimate of drug-likeness (QED) is 0.818. The van der Waals surface area contributed by atoms with Crippen LogP contribution in [-0.2, 0) is 6.42 Å². The maximum Gasteiger partial charge on any atom is 0.317 e. The molecule has 1 rings (SSSR count). The van der Waals surface area contributed by atoms with Crippen LogP contribution >= 0.6 is 11.3 Å². The third-order valence-corrected chi connectivity index (χ3v) is 3.14. The van der Waals surface area contributed by atoms with Crippen LogP contribution in [0.3, 0.4) is 0 Å². The van der Waals surface area contributed by atoms with Gasteiger partial charge in [0.15, 0.2) is 0 Å². The summed E-state index contributed by atoms with van der Waals surface area (Å²) in [5, 5.41) is 13.6. The van der Waals surface area contributed by atoms with E-state index in [2.05, 4.69) is 11.4 Å². The fraction of sp³-hybridized carbons (Fsp3) is 0.545. The Kier molecular flexibility index (Phi) is 5.28. The van der Waals surface area contributed by atoms with Gasteiger partial charge in [-0.3, -0.25) is 0 Å². The molecular formula is C11H18N2O2S. The number of thiophene rings is 1. The number of nitrogens with zero attached hydrogens (tertiary/aromatic N) is 1. The summed E-state index contributed by atoms with van der Waals surface area (Å²) in [6.07, 6.45) is 0.844. The van der Waals surface area contributed by atoms with Crippen LogP contribution in [0.4, 0.5) is 4.79 Å². The fourth-order valence-corrected chi connectivity index (χ4v) is 2.19. The van der Waals surface area contributed by atoms with Crippen molar-refractivity contribution in [1.29, 1.82) is 0 Å². The second kappa shape index (κ2) is 6.50. The minimum absolute atomic E-state index is 0.0107. The van der Waals surface area contributed by atoms with Gasteiger partial charge in [-0.15, -0.1) is 11.3 Å². The summed E-state index contributed by atoms with van der Waals surface area (Å²) in [7, 11) is 1.67. The molecule has 0 aromatic carbocycles. The van der Waals surface area contributed by atoms with E-state index in [0.29, 0.717) is 6.54 Å². The first kappa shape index (κ1) is 13.0. The number of carbonyl (C=O) groups is 1. The van der Waals surface area contributed by atoms with Crippen LogP contribution in [0.25, 0.3) is 0 Å². The second-order valence-electron chi connectivity index (χ2n) is 3.78. The van der Waals surface area contributed by atoms with Gasteiger partial charge in [0.05, 0.1) is 6.61 Å². The van der Waals surface area contributed by atoms with E-state index < -0.39 is 0 Å². The van der Waals surface area contributed by atoms with Crippen molar-refractivity contribution < 1.29 is 9.90 Å². The monoisotopic (exact) mass is 242 g/mol. The normalized spacial score (nSPS) is 12.2. The summed E-state index contributed by atoms with van der Waals surface area (Å²) in [6.45, 7) is 2.32. The molecule has 1 atom stereocenters. The molecule has 0 radical (unpaired) electrons. The number of aliphatic hydroxyl groups is 1. The molecule has 0 spiro atoms. The molecule has 2 amide bonds. The summed E-state index contributed by atoms with van der Waals surface area (Å²) in [5.41, 5.74) is 0. The molecule has 1 heterocycles. The first-order chi connectivity index (χ1) is 7.63. The second-order valence-corrected chi connectivity index (χ2v) is 4.81. The van der Waals surface area contributed by atoms with Crippen LogP contribution in [-0.4, -0.2) is 42.3 Å². The van der Waals surface area contributed by atoms with Crippen molar-refractivity contribution in [2.45, 2.75) is 19.4 Å². The van der Waals surface area contributed by atoms with Crippen molar-refractivity contribution in [3.63, 3.8) is 0 Å². The van der Waals surface area contributed by atoms with Gasteiger partial charge in [-0.1, -0.05) is 6.07 Å². The van der Waals surface area contributed by atoms with Crippen LogP contribution < -0.4 is 5.32 Å². The third-order valence-electron chi connectivity index (χ3n) is 2.24. The third kappa shape index (κ3) is 4.20. The van der Waals surface area contributed by atoms with Crippen LogP contribution in [0.5, 0.6) is 0 Å². The fourth-order valence-electron chi connectivity index (χ4n) is 1.35. The molecule has 0 aliphatic carbocycles. The molecule has 1 unspecified atom stereocenters. The number of rotatable bonds is 5. The van der Waals surface area contributed by atoms with Crippen molar-refractivity contribution in [2.24, 2.45) is 0 Å². The van der Waals surface area contributed by atoms with Crippen molar-refractivity contribution >= 4 is 17.4 Å². The van der Waals surface area contributed by atoms with E-state index >= 15 is 0 Å². The van der Waals surface area contributed by atoms with Gasteiger partial charge in [0.2, 0.25) is 0 Å².